The molecular formula is C16H20N4O2. The van der Waals surface area contributed by atoms with E-state index in [4.69, 9.17) is 4.74 Å². The van der Waals surface area contributed by atoms with Crippen LogP contribution in [0.3, 0.4) is 0 Å². The van der Waals surface area contributed by atoms with E-state index in [0.717, 1.165) is 5.69 Å². The Morgan fingerprint density at radius 3 is 2.68 bits per heavy atom. The van der Waals surface area contributed by atoms with Crippen molar-refractivity contribution in [3.05, 3.63) is 48.3 Å². The topological polar surface area (TPSA) is 67.3 Å². The zero-order chi connectivity index (χ0) is 15.9. The van der Waals surface area contributed by atoms with Crippen LogP contribution in [0, 0.1) is 0 Å². The van der Waals surface area contributed by atoms with E-state index in [1.807, 2.05) is 49.3 Å². The van der Waals surface area contributed by atoms with Gasteiger partial charge in [-0.15, -0.1) is 0 Å². The van der Waals surface area contributed by atoms with Crippen molar-refractivity contribution in [1.29, 1.82) is 0 Å². The first-order valence-corrected chi connectivity index (χ1v) is 7.05. The number of ether oxygens (including phenoxy) is 1. The molecule has 1 atom stereocenters. The number of nitrogens with one attached hydrogen (secondary N) is 1. The number of carbonyl (C=O) groups excluding carboxylic acids is 1. The summed E-state index contributed by atoms with van der Waals surface area (Å²) in [5.74, 6) is 1.09. The van der Waals surface area contributed by atoms with Crippen molar-refractivity contribution in [3.63, 3.8) is 0 Å². The Morgan fingerprint density at radius 1 is 1.27 bits per heavy atom. The molecule has 0 spiro atoms. The molecule has 0 aliphatic carbocycles. The number of carbonyl (C=O) groups is 1. The van der Waals surface area contributed by atoms with E-state index in [-0.39, 0.29) is 5.91 Å². The number of para-hydroxylation sites is 1. The Balaban J connectivity index is 1.88. The Kier molecular flexibility index (Phi) is 5.30. The first-order chi connectivity index (χ1) is 10.6. The fourth-order valence-corrected chi connectivity index (χ4v) is 1.78. The zero-order valence-corrected chi connectivity index (χ0v) is 13.0. The molecule has 1 heterocycles. The lowest BCUT2D eigenvalue weighted by Crippen LogP contribution is -2.36. The van der Waals surface area contributed by atoms with Crippen molar-refractivity contribution < 1.29 is 9.53 Å². The predicted octanol–water partition coefficient (Wildman–Crippen LogP) is 1.63. The number of aromatic nitrogens is 2. The van der Waals surface area contributed by atoms with Crippen LogP contribution in [0.25, 0.3) is 0 Å². The van der Waals surface area contributed by atoms with Crippen molar-refractivity contribution in [2.24, 2.45) is 0 Å². The van der Waals surface area contributed by atoms with E-state index in [1.54, 1.807) is 19.2 Å². The molecule has 1 amide bonds. The minimum Gasteiger partial charge on any atom is -0.481 e. The van der Waals surface area contributed by atoms with Crippen molar-refractivity contribution in [2.45, 2.75) is 19.6 Å². The first-order valence-electron chi connectivity index (χ1n) is 7.05. The summed E-state index contributed by atoms with van der Waals surface area (Å²) >= 11 is 0. The summed E-state index contributed by atoms with van der Waals surface area (Å²) < 4.78 is 5.57. The molecule has 0 aliphatic rings. The molecule has 1 unspecified atom stereocenters. The molecule has 6 heteroatoms. The minimum absolute atomic E-state index is 0.186. The highest BCUT2D eigenvalue weighted by molar-refractivity contribution is 5.80. The third kappa shape index (κ3) is 4.44. The predicted molar refractivity (Wildman–Crippen MR) is 84.7 cm³/mol. The summed E-state index contributed by atoms with van der Waals surface area (Å²) in [6, 6.07) is 11.0. The largest absolute Gasteiger partial charge is 0.481 e. The second-order valence-electron chi connectivity index (χ2n) is 5.03. The fraction of sp³-hybridized carbons (Fsp3) is 0.312. The van der Waals surface area contributed by atoms with Crippen LogP contribution < -0.4 is 15.0 Å². The van der Waals surface area contributed by atoms with Crippen LogP contribution >= 0.6 is 0 Å². The monoisotopic (exact) mass is 300 g/mol. The van der Waals surface area contributed by atoms with Gasteiger partial charge in [0.15, 0.2) is 6.10 Å². The molecule has 6 nitrogen and oxygen atoms in total. The maximum atomic E-state index is 12.0. The van der Waals surface area contributed by atoms with Gasteiger partial charge >= 0.3 is 0 Å². The van der Waals surface area contributed by atoms with Crippen LogP contribution in [0.1, 0.15) is 12.6 Å². The minimum atomic E-state index is -0.572. The van der Waals surface area contributed by atoms with Crippen molar-refractivity contribution in [1.82, 2.24) is 15.3 Å². The van der Waals surface area contributed by atoms with Gasteiger partial charge in [0.1, 0.15) is 5.75 Å². The summed E-state index contributed by atoms with van der Waals surface area (Å²) in [4.78, 5) is 22.3. The van der Waals surface area contributed by atoms with Gasteiger partial charge in [-0.25, -0.2) is 9.97 Å². The summed E-state index contributed by atoms with van der Waals surface area (Å²) in [5.41, 5.74) is 0.749. The number of benzene rings is 1. The van der Waals surface area contributed by atoms with Gasteiger partial charge in [-0.1, -0.05) is 18.2 Å². The Labute approximate surface area is 130 Å². The first kappa shape index (κ1) is 15.8. The van der Waals surface area contributed by atoms with Gasteiger partial charge in [0.05, 0.1) is 12.2 Å². The Hall–Kier alpha value is -2.63. The van der Waals surface area contributed by atoms with E-state index in [2.05, 4.69) is 15.3 Å². The SMILES string of the molecule is CC(Oc1ccccc1)C(=O)NCc1ccnc(N(C)C)n1. The van der Waals surface area contributed by atoms with Crippen LogP contribution in [0.5, 0.6) is 5.75 Å². The quantitative estimate of drug-likeness (QED) is 0.878. The molecule has 2 rings (SSSR count). The van der Waals surface area contributed by atoms with E-state index in [9.17, 15) is 4.79 Å². The number of hydrogen-bond acceptors (Lipinski definition) is 5. The van der Waals surface area contributed by atoms with Crippen molar-refractivity contribution in [3.8, 4) is 5.75 Å². The highest BCUT2D eigenvalue weighted by atomic mass is 16.5. The van der Waals surface area contributed by atoms with Crippen LogP contribution in [-0.4, -0.2) is 36.1 Å². The average molecular weight is 300 g/mol. The molecule has 0 fully saturated rings. The molecule has 0 saturated carbocycles. The molecule has 116 valence electrons. The van der Waals surface area contributed by atoms with Gasteiger partial charge in [-0.3, -0.25) is 4.79 Å². The van der Waals surface area contributed by atoms with Crippen molar-refractivity contribution in [2.75, 3.05) is 19.0 Å². The van der Waals surface area contributed by atoms with Gasteiger partial charge in [0.25, 0.3) is 5.91 Å². The molecule has 22 heavy (non-hydrogen) atoms. The Bertz CT molecular complexity index is 617. The summed E-state index contributed by atoms with van der Waals surface area (Å²) in [7, 11) is 3.74. The lowest BCUT2D eigenvalue weighted by atomic mass is 10.3. The molecule has 0 radical (unpaired) electrons. The lowest BCUT2D eigenvalue weighted by Gasteiger charge is -2.15. The van der Waals surface area contributed by atoms with Gasteiger partial charge in [-0.05, 0) is 25.1 Å². The second kappa shape index (κ2) is 7.40. The summed E-state index contributed by atoms with van der Waals surface area (Å²) in [5, 5.41) is 2.81. The fourth-order valence-electron chi connectivity index (χ4n) is 1.78. The molecule has 0 aliphatic heterocycles. The molecular weight excluding hydrogens is 280 g/mol. The second-order valence-corrected chi connectivity index (χ2v) is 5.03. The lowest BCUT2D eigenvalue weighted by molar-refractivity contribution is -0.127. The molecule has 1 aromatic carbocycles. The smallest absolute Gasteiger partial charge is 0.261 e. The summed E-state index contributed by atoms with van der Waals surface area (Å²) in [6.45, 7) is 2.05. The van der Waals surface area contributed by atoms with E-state index < -0.39 is 6.10 Å². The van der Waals surface area contributed by atoms with Gasteiger partial charge < -0.3 is 15.0 Å². The third-order valence-electron chi connectivity index (χ3n) is 2.97. The molecule has 0 bridgehead atoms. The van der Waals surface area contributed by atoms with Crippen LogP contribution in [0.4, 0.5) is 5.95 Å². The van der Waals surface area contributed by atoms with Gasteiger partial charge in [-0.2, -0.15) is 0 Å². The van der Waals surface area contributed by atoms with E-state index in [0.29, 0.717) is 18.2 Å². The third-order valence-corrected chi connectivity index (χ3v) is 2.97. The zero-order valence-electron chi connectivity index (χ0n) is 13.0. The summed E-state index contributed by atoms with van der Waals surface area (Å²) in [6.07, 6.45) is 1.10. The van der Waals surface area contributed by atoms with Crippen LogP contribution in [0.15, 0.2) is 42.6 Å². The highest BCUT2D eigenvalue weighted by Crippen LogP contribution is 2.11. The molecule has 1 N–H and O–H groups in total. The Morgan fingerprint density at radius 2 is 2.00 bits per heavy atom. The van der Waals surface area contributed by atoms with E-state index in [1.165, 1.54) is 0 Å². The molecule has 0 saturated heterocycles. The maximum absolute atomic E-state index is 12.0. The number of anilines is 1. The maximum Gasteiger partial charge on any atom is 0.261 e. The van der Waals surface area contributed by atoms with Gasteiger partial charge in [0, 0.05) is 20.3 Å². The van der Waals surface area contributed by atoms with Gasteiger partial charge in [0.2, 0.25) is 5.95 Å². The van der Waals surface area contributed by atoms with Crippen LogP contribution in [-0.2, 0) is 11.3 Å². The molecule has 2 aromatic rings. The number of nitrogens with zero attached hydrogens (tertiary/aromatic N) is 3. The highest BCUT2D eigenvalue weighted by Gasteiger charge is 2.14. The standard InChI is InChI=1S/C16H20N4O2/c1-12(22-14-7-5-4-6-8-14)15(21)18-11-13-9-10-17-16(19-13)20(2)3/h4-10,12H,11H2,1-3H3,(H,18,21). The number of rotatable bonds is 6. The van der Waals surface area contributed by atoms with Crippen molar-refractivity contribution >= 4 is 11.9 Å². The number of amides is 1. The van der Waals surface area contributed by atoms with Crippen LogP contribution in [0.2, 0.25) is 0 Å². The average Bonchev–Trinajstić information content (AvgIpc) is 2.53. The number of hydrogen-bond donors (Lipinski definition) is 1. The van der Waals surface area contributed by atoms with E-state index >= 15 is 0 Å². The normalized spacial score (nSPS) is 11.6. The molecule has 1 aromatic heterocycles.